The van der Waals surface area contributed by atoms with E-state index in [1.807, 2.05) is 31.2 Å². The standard InChI is InChI=1S/2C7H7ClO.C7H5ClO.C7H7Cl/c3*8-7-3-1-6(5-9)2-4-7;1-6-2-4-7(8)5-3-6/h2*1-4,9H,5H2;1-5H;2-5H,1H3. The largest absolute Gasteiger partial charge is 0.392 e. The number of halogens is 4. The number of aliphatic hydroxyl groups is 2. The van der Waals surface area contributed by atoms with Crippen molar-refractivity contribution in [2.45, 2.75) is 20.1 Å². The summed E-state index contributed by atoms with van der Waals surface area (Å²) in [5.41, 5.74) is 3.67. The molecule has 4 aromatic carbocycles. The summed E-state index contributed by atoms with van der Waals surface area (Å²) in [6, 6.07) is 28.7. The van der Waals surface area contributed by atoms with Crippen molar-refractivity contribution in [3.05, 3.63) is 139 Å². The topological polar surface area (TPSA) is 57.5 Å². The average Bonchev–Trinajstić information content (AvgIpc) is 2.88. The molecule has 0 atom stereocenters. The van der Waals surface area contributed by atoms with E-state index in [0.29, 0.717) is 20.6 Å². The van der Waals surface area contributed by atoms with Gasteiger partial charge in [0, 0.05) is 25.7 Å². The SMILES string of the molecule is Cc1ccc(Cl)cc1.O=Cc1ccc(Cl)cc1.OCc1ccc(Cl)cc1.OCc1ccc(Cl)cc1. The van der Waals surface area contributed by atoms with Crippen molar-refractivity contribution in [1.82, 2.24) is 0 Å². The minimum absolute atomic E-state index is 0.0805. The third kappa shape index (κ3) is 14.6. The number of aliphatic hydroxyl groups excluding tert-OH is 2. The first-order chi connectivity index (χ1) is 16.8. The second kappa shape index (κ2) is 18.0. The van der Waals surface area contributed by atoms with E-state index >= 15 is 0 Å². The number of benzene rings is 4. The Morgan fingerprint density at radius 2 is 0.829 bits per heavy atom. The van der Waals surface area contributed by atoms with E-state index < -0.39 is 0 Å². The van der Waals surface area contributed by atoms with Crippen LogP contribution in [0.2, 0.25) is 20.1 Å². The Balaban J connectivity index is 0.000000234. The lowest BCUT2D eigenvalue weighted by atomic mass is 10.2. The van der Waals surface area contributed by atoms with Gasteiger partial charge in [-0.1, -0.05) is 100 Å². The summed E-state index contributed by atoms with van der Waals surface area (Å²) in [6.07, 6.45) is 0.788. The van der Waals surface area contributed by atoms with Crippen molar-refractivity contribution < 1.29 is 15.0 Å². The van der Waals surface area contributed by atoms with E-state index in [-0.39, 0.29) is 13.2 Å². The first-order valence-electron chi connectivity index (χ1n) is 10.4. The van der Waals surface area contributed by atoms with Crippen molar-refractivity contribution >= 4 is 52.7 Å². The molecular formula is C28H26Cl4O3. The van der Waals surface area contributed by atoms with Gasteiger partial charge < -0.3 is 10.2 Å². The normalized spacial score (nSPS) is 9.34. The fourth-order valence-electron chi connectivity index (χ4n) is 2.25. The monoisotopic (exact) mass is 550 g/mol. The number of hydrogen-bond acceptors (Lipinski definition) is 3. The predicted molar refractivity (Wildman–Crippen MR) is 148 cm³/mol. The molecule has 0 radical (unpaired) electrons. The van der Waals surface area contributed by atoms with Gasteiger partial charge in [0.15, 0.2) is 0 Å². The van der Waals surface area contributed by atoms with Crippen LogP contribution in [0.25, 0.3) is 0 Å². The van der Waals surface area contributed by atoms with Crippen molar-refractivity contribution in [2.75, 3.05) is 0 Å². The van der Waals surface area contributed by atoms with Gasteiger partial charge in [-0.3, -0.25) is 4.79 Å². The van der Waals surface area contributed by atoms with Crippen molar-refractivity contribution in [3.63, 3.8) is 0 Å². The number of carbonyl (C=O) groups excluding carboxylic acids is 1. The lowest BCUT2D eigenvalue weighted by molar-refractivity contribution is 0.112. The zero-order valence-corrected chi connectivity index (χ0v) is 22.1. The Labute approximate surface area is 226 Å². The molecule has 0 aliphatic heterocycles. The Morgan fingerprint density at radius 3 is 1.09 bits per heavy atom. The zero-order chi connectivity index (χ0) is 26.1. The highest BCUT2D eigenvalue weighted by atomic mass is 35.5. The van der Waals surface area contributed by atoms with Gasteiger partial charge in [-0.05, 0) is 66.6 Å². The summed E-state index contributed by atoms with van der Waals surface area (Å²) in [4.78, 5) is 10.1. The maximum absolute atomic E-state index is 10.1. The molecule has 4 rings (SSSR count). The van der Waals surface area contributed by atoms with E-state index in [0.717, 1.165) is 22.4 Å². The molecule has 0 bridgehead atoms. The second-order valence-electron chi connectivity index (χ2n) is 7.03. The smallest absolute Gasteiger partial charge is 0.150 e. The molecule has 184 valence electrons. The quantitative estimate of drug-likeness (QED) is 0.251. The summed E-state index contributed by atoms with van der Waals surface area (Å²) >= 11 is 22.3. The number of aryl methyl sites for hydroxylation is 1. The van der Waals surface area contributed by atoms with Crippen LogP contribution in [0.4, 0.5) is 0 Å². The highest BCUT2D eigenvalue weighted by Crippen LogP contribution is 2.10. The van der Waals surface area contributed by atoms with E-state index in [1.165, 1.54) is 5.56 Å². The lowest BCUT2D eigenvalue weighted by Gasteiger charge is -1.92. The number of rotatable bonds is 3. The van der Waals surface area contributed by atoms with Gasteiger partial charge in [0.2, 0.25) is 0 Å². The van der Waals surface area contributed by atoms with Crippen LogP contribution in [-0.4, -0.2) is 16.5 Å². The number of hydrogen-bond donors (Lipinski definition) is 2. The van der Waals surface area contributed by atoms with Crippen LogP contribution < -0.4 is 0 Å². The molecule has 0 saturated heterocycles. The Hall–Kier alpha value is -2.37. The molecule has 4 aromatic rings. The predicted octanol–water partition coefficient (Wildman–Crippen LogP) is 8.47. The molecule has 7 heteroatoms. The first-order valence-corrected chi connectivity index (χ1v) is 11.9. The van der Waals surface area contributed by atoms with Crippen LogP contribution in [-0.2, 0) is 13.2 Å². The molecule has 0 aromatic heterocycles. The van der Waals surface area contributed by atoms with Crippen molar-refractivity contribution in [3.8, 4) is 0 Å². The highest BCUT2D eigenvalue weighted by Gasteiger charge is 1.89. The molecular weight excluding hydrogens is 526 g/mol. The summed E-state index contributed by atoms with van der Waals surface area (Å²) in [6.45, 7) is 2.20. The highest BCUT2D eigenvalue weighted by molar-refractivity contribution is 6.31. The molecule has 0 aliphatic rings. The van der Waals surface area contributed by atoms with Gasteiger partial charge in [-0.15, -0.1) is 0 Å². The van der Waals surface area contributed by atoms with E-state index in [4.69, 9.17) is 56.6 Å². The van der Waals surface area contributed by atoms with Crippen LogP contribution in [0.5, 0.6) is 0 Å². The summed E-state index contributed by atoms with van der Waals surface area (Å²) < 4.78 is 0. The minimum Gasteiger partial charge on any atom is -0.392 e. The summed E-state index contributed by atoms with van der Waals surface area (Å²) in [7, 11) is 0. The van der Waals surface area contributed by atoms with Gasteiger partial charge >= 0.3 is 0 Å². The summed E-state index contributed by atoms with van der Waals surface area (Å²) in [5, 5.41) is 20.0. The van der Waals surface area contributed by atoms with Crippen LogP contribution in [0, 0.1) is 6.92 Å². The molecule has 0 saturated carbocycles. The number of carbonyl (C=O) groups is 1. The molecule has 35 heavy (non-hydrogen) atoms. The second-order valence-corrected chi connectivity index (χ2v) is 8.78. The molecule has 3 nitrogen and oxygen atoms in total. The summed E-state index contributed by atoms with van der Waals surface area (Å²) in [5.74, 6) is 0. The van der Waals surface area contributed by atoms with Gasteiger partial charge in [0.25, 0.3) is 0 Å². The van der Waals surface area contributed by atoms with Gasteiger partial charge in [0.1, 0.15) is 6.29 Å². The van der Waals surface area contributed by atoms with Gasteiger partial charge in [-0.2, -0.15) is 0 Å². The van der Waals surface area contributed by atoms with E-state index in [9.17, 15) is 4.79 Å². The number of aldehydes is 1. The molecule has 0 fully saturated rings. The van der Waals surface area contributed by atoms with E-state index in [2.05, 4.69) is 0 Å². The van der Waals surface area contributed by atoms with Gasteiger partial charge in [-0.25, -0.2) is 0 Å². The van der Waals surface area contributed by atoms with Crippen molar-refractivity contribution in [1.29, 1.82) is 0 Å². The lowest BCUT2D eigenvalue weighted by Crippen LogP contribution is -1.79. The van der Waals surface area contributed by atoms with Crippen molar-refractivity contribution in [2.24, 2.45) is 0 Å². The fourth-order valence-corrected chi connectivity index (χ4v) is 2.76. The van der Waals surface area contributed by atoms with Gasteiger partial charge in [0.05, 0.1) is 13.2 Å². The Kier molecular flexibility index (Phi) is 15.7. The Bertz CT molecular complexity index is 1030. The fraction of sp³-hybridized carbons (Fsp3) is 0.107. The maximum atomic E-state index is 10.1. The molecule has 0 unspecified atom stereocenters. The molecule has 0 aliphatic carbocycles. The minimum atomic E-state index is 0.0805. The molecule has 0 amide bonds. The first kappa shape index (κ1) is 30.7. The Morgan fingerprint density at radius 1 is 0.543 bits per heavy atom. The van der Waals surface area contributed by atoms with Crippen LogP contribution in [0.1, 0.15) is 27.0 Å². The van der Waals surface area contributed by atoms with Crippen LogP contribution in [0.3, 0.4) is 0 Å². The van der Waals surface area contributed by atoms with Crippen LogP contribution in [0.15, 0.2) is 97.1 Å². The maximum Gasteiger partial charge on any atom is 0.150 e. The molecule has 0 spiro atoms. The van der Waals surface area contributed by atoms with E-state index in [1.54, 1.807) is 72.8 Å². The zero-order valence-electron chi connectivity index (χ0n) is 19.0. The average molecular weight is 552 g/mol. The van der Waals surface area contributed by atoms with Crippen LogP contribution >= 0.6 is 46.4 Å². The molecule has 2 N–H and O–H groups in total. The third-order valence-corrected chi connectivity index (χ3v) is 5.22. The third-order valence-electron chi connectivity index (χ3n) is 4.21. The molecule has 0 heterocycles.